The topological polar surface area (TPSA) is 39.2 Å². The van der Waals surface area contributed by atoms with E-state index in [4.69, 9.17) is 10.2 Å². The van der Waals surface area contributed by atoms with Crippen LogP contribution in [0, 0.1) is 12.8 Å². The Morgan fingerprint density at radius 2 is 2.00 bits per heavy atom. The van der Waals surface area contributed by atoms with Crippen LogP contribution in [0.2, 0.25) is 0 Å². The Morgan fingerprint density at radius 3 is 2.65 bits per heavy atom. The van der Waals surface area contributed by atoms with E-state index < -0.39 is 0 Å². The first-order chi connectivity index (χ1) is 8.29. The SMILES string of the molecule is Cc1ccccc1CC(CN)Cc1ccoc1. The molecule has 1 unspecified atom stereocenters. The van der Waals surface area contributed by atoms with E-state index in [9.17, 15) is 0 Å². The molecule has 0 aliphatic carbocycles. The molecule has 2 N–H and O–H groups in total. The molecular weight excluding hydrogens is 210 g/mol. The Hall–Kier alpha value is -1.54. The number of aryl methyl sites for hydroxylation is 1. The van der Waals surface area contributed by atoms with Crippen molar-refractivity contribution in [1.82, 2.24) is 0 Å². The van der Waals surface area contributed by atoms with E-state index in [0.717, 1.165) is 12.8 Å². The van der Waals surface area contributed by atoms with Crippen molar-refractivity contribution in [2.45, 2.75) is 19.8 Å². The van der Waals surface area contributed by atoms with Gasteiger partial charge in [-0.15, -0.1) is 0 Å². The number of hydrogen-bond acceptors (Lipinski definition) is 2. The van der Waals surface area contributed by atoms with Gasteiger partial charge in [0, 0.05) is 0 Å². The van der Waals surface area contributed by atoms with Gasteiger partial charge in [-0.05, 0) is 55.0 Å². The molecule has 2 heteroatoms. The highest BCUT2D eigenvalue weighted by atomic mass is 16.3. The number of nitrogens with two attached hydrogens (primary N) is 1. The minimum Gasteiger partial charge on any atom is -0.472 e. The molecule has 0 amide bonds. The fourth-order valence-electron chi connectivity index (χ4n) is 2.13. The van der Waals surface area contributed by atoms with Crippen LogP contribution in [0.15, 0.2) is 47.3 Å². The molecule has 1 aromatic heterocycles. The molecule has 0 aliphatic heterocycles. The van der Waals surface area contributed by atoms with Gasteiger partial charge in [-0.2, -0.15) is 0 Å². The zero-order valence-corrected chi connectivity index (χ0v) is 10.2. The van der Waals surface area contributed by atoms with Crippen LogP contribution in [-0.2, 0) is 12.8 Å². The predicted molar refractivity (Wildman–Crippen MR) is 69.8 cm³/mol. The molecule has 0 spiro atoms. The first-order valence-corrected chi connectivity index (χ1v) is 6.05. The Kier molecular flexibility index (Phi) is 3.99. The van der Waals surface area contributed by atoms with Crippen molar-refractivity contribution in [3.8, 4) is 0 Å². The first kappa shape index (κ1) is 11.9. The van der Waals surface area contributed by atoms with Gasteiger partial charge in [-0.1, -0.05) is 24.3 Å². The quantitative estimate of drug-likeness (QED) is 0.856. The molecule has 0 aliphatic rings. The van der Waals surface area contributed by atoms with Crippen molar-refractivity contribution < 1.29 is 4.42 Å². The lowest BCUT2D eigenvalue weighted by Crippen LogP contribution is -2.19. The zero-order chi connectivity index (χ0) is 12.1. The standard InChI is InChI=1S/C15H19NO/c1-12-4-2-3-5-15(12)9-14(10-16)8-13-6-7-17-11-13/h2-7,11,14H,8-10,16H2,1H3. The lowest BCUT2D eigenvalue weighted by atomic mass is 9.92. The summed E-state index contributed by atoms with van der Waals surface area (Å²) in [6.45, 7) is 2.86. The molecule has 0 saturated heterocycles. The van der Waals surface area contributed by atoms with Gasteiger partial charge in [0.2, 0.25) is 0 Å². The maximum atomic E-state index is 5.86. The molecule has 2 nitrogen and oxygen atoms in total. The van der Waals surface area contributed by atoms with Crippen molar-refractivity contribution in [2.75, 3.05) is 6.54 Å². The molecule has 90 valence electrons. The Labute approximate surface area is 102 Å². The molecular formula is C15H19NO. The molecule has 0 fully saturated rings. The van der Waals surface area contributed by atoms with Crippen LogP contribution < -0.4 is 5.73 Å². The molecule has 2 rings (SSSR count). The fourth-order valence-corrected chi connectivity index (χ4v) is 2.13. The summed E-state index contributed by atoms with van der Waals surface area (Å²) in [5, 5.41) is 0. The van der Waals surface area contributed by atoms with Crippen LogP contribution in [0.4, 0.5) is 0 Å². The van der Waals surface area contributed by atoms with Crippen LogP contribution in [0.5, 0.6) is 0 Å². The Morgan fingerprint density at radius 1 is 1.18 bits per heavy atom. The van der Waals surface area contributed by atoms with Crippen molar-refractivity contribution in [2.24, 2.45) is 11.7 Å². The third-order valence-corrected chi connectivity index (χ3v) is 3.21. The van der Waals surface area contributed by atoms with E-state index in [1.54, 1.807) is 12.5 Å². The highest BCUT2D eigenvalue weighted by Gasteiger charge is 2.10. The van der Waals surface area contributed by atoms with Gasteiger partial charge in [0.1, 0.15) is 0 Å². The molecule has 2 aromatic rings. The minimum absolute atomic E-state index is 0.480. The van der Waals surface area contributed by atoms with Crippen LogP contribution in [0.1, 0.15) is 16.7 Å². The second-order valence-corrected chi connectivity index (χ2v) is 4.57. The van der Waals surface area contributed by atoms with Crippen LogP contribution in [0.25, 0.3) is 0 Å². The highest BCUT2D eigenvalue weighted by molar-refractivity contribution is 5.26. The number of furan rings is 1. The van der Waals surface area contributed by atoms with E-state index in [1.165, 1.54) is 16.7 Å². The summed E-state index contributed by atoms with van der Waals surface area (Å²) in [7, 11) is 0. The second-order valence-electron chi connectivity index (χ2n) is 4.57. The number of hydrogen-bond donors (Lipinski definition) is 1. The van der Waals surface area contributed by atoms with E-state index in [0.29, 0.717) is 12.5 Å². The number of benzene rings is 1. The lowest BCUT2D eigenvalue weighted by Gasteiger charge is -2.15. The molecule has 1 heterocycles. The summed E-state index contributed by atoms with van der Waals surface area (Å²) >= 11 is 0. The van der Waals surface area contributed by atoms with Crippen molar-refractivity contribution in [1.29, 1.82) is 0 Å². The normalized spacial score (nSPS) is 12.6. The van der Waals surface area contributed by atoms with E-state index in [-0.39, 0.29) is 0 Å². The fraction of sp³-hybridized carbons (Fsp3) is 0.333. The lowest BCUT2D eigenvalue weighted by molar-refractivity contribution is 0.520. The summed E-state index contributed by atoms with van der Waals surface area (Å²) in [5.74, 6) is 0.480. The van der Waals surface area contributed by atoms with Crippen molar-refractivity contribution >= 4 is 0 Å². The average Bonchev–Trinajstić information content (AvgIpc) is 2.84. The van der Waals surface area contributed by atoms with E-state index >= 15 is 0 Å². The third kappa shape index (κ3) is 3.21. The monoisotopic (exact) mass is 229 g/mol. The number of rotatable bonds is 5. The van der Waals surface area contributed by atoms with Gasteiger partial charge in [0.15, 0.2) is 0 Å². The maximum absolute atomic E-state index is 5.86. The maximum Gasteiger partial charge on any atom is 0.0934 e. The first-order valence-electron chi connectivity index (χ1n) is 6.05. The molecule has 1 atom stereocenters. The van der Waals surface area contributed by atoms with Gasteiger partial charge < -0.3 is 10.2 Å². The van der Waals surface area contributed by atoms with E-state index in [2.05, 4.69) is 31.2 Å². The molecule has 0 bridgehead atoms. The largest absolute Gasteiger partial charge is 0.472 e. The van der Waals surface area contributed by atoms with Crippen LogP contribution in [-0.4, -0.2) is 6.54 Å². The molecule has 1 aromatic carbocycles. The Bertz CT molecular complexity index is 448. The summed E-state index contributed by atoms with van der Waals surface area (Å²) in [6, 6.07) is 10.5. The van der Waals surface area contributed by atoms with Gasteiger partial charge >= 0.3 is 0 Å². The zero-order valence-electron chi connectivity index (χ0n) is 10.2. The van der Waals surface area contributed by atoms with Gasteiger partial charge in [-0.3, -0.25) is 0 Å². The van der Waals surface area contributed by atoms with Gasteiger partial charge in [0.25, 0.3) is 0 Å². The summed E-state index contributed by atoms with van der Waals surface area (Å²) < 4.78 is 5.09. The minimum atomic E-state index is 0.480. The predicted octanol–water partition coefficient (Wildman–Crippen LogP) is 2.95. The van der Waals surface area contributed by atoms with Crippen LogP contribution >= 0.6 is 0 Å². The van der Waals surface area contributed by atoms with Crippen molar-refractivity contribution in [3.05, 3.63) is 59.5 Å². The van der Waals surface area contributed by atoms with Gasteiger partial charge in [-0.25, -0.2) is 0 Å². The summed E-state index contributed by atoms with van der Waals surface area (Å²) in [4.78, 5) is 0. The van der Waals surface area contributed by atoms with Gasteiger partial charge in [0.05, 0.1) is 12.5 Å². The molecule has 0 saturated carbocycles. The molecule has 0 radical (unpaired) electrons. The van der Waals surface area contributed by atoms with E-state index in [1.807, 2.05) is 6.07 Å². The highest BCUT2D eigenvalue weighted by Crippen LogP contribution is 2.16. The van der Waals surface area contributed by atoms with Crippen LogP contribution in [0.3, 0.4) is 0 Å². The second kappa shape index (κ2) is 5.69. The Balaban J connectivity index is 2.03. The summed E-state index contributed by atoms with van der Waals surface area (Å²) in [6.07, 6.45) is 5.55. The smallest absolute Gasteiger partial charge is 0.0934 e. The van der Waals surface area contributed by atoms with Crippen molar-refractivity contribution in [3.63, 3.8) is 0 Å². The summed E-state index contributed by atoms with van der Waals surface area (Å²) in [5.41, 5.74) is 9.83. The third-order valence-electron chi connectivity index (χ3n) is 3.21. The average molecular weight is 229 g/mol. The molecule has 17 heavy (non-hydrogen) atoms.